The molecule has 62 heavy (non-hydrogen) atoms. The number of ether oxygens (including phenoxy) is 2. The van der Waals surface area contributed by atoms with Gasteiger partial charge < -0.3 is 36.1 Å². The van der Waals surface area contributed by atoms with Crippen molar-refractivity contribution in [3.05, 3.63) is 102 Å². The number of carbonyl (C=O) groups is 7. The Labute approximate surface area is 365 Å². The Bertz CT molecular complexity index is 1940. The van der Waals surface area contributed by atoms with Gasteiger partial charge in [0.15, 0.2) is 6.04 Å². The normalized spacial score (nSPS) is 14.8. The van der Waals surface area contributed by atoms with Crippen LogP contribution in [0.1, 0.15) is 108 Å². The summed E-state index contributed by atoms with van der Waals surface area (Å²) in [4.78, 5) is 94.5. The van der Waals surface area contributed by atoms with E-state index in [1.54, 1.807) is 65.1 Å². The standard InChI is InChI=1S/C48H63N5O9/c1-6-17-37(43(56)46(59)49-31-40(55)53-42(35-23-14-9-15-24-35)47(60)62-48(2,3)4)50-44(57)38(30-33-18-10-7-11-19-33)51-45(58)41(34-21-12-8-13-22-34)52-39(54)25-16-20-32-26-28-36(61-5)29-27-32/h7,9-11,14-15,18-19,23-24,26-29,34,37-38,41-42H,6,8,12-13,16-17,20-22,25,30-31H2,1-5H3,(H,49,59)(H,50,57)(H,51,58)(H,52,54)(H,53,55). The number of nitrogens with one attached hydrogen (secondary N) is 5. The summed E-state index contributed by atoms with van der Waals surface area (Å²) in [5, 5.41) is 13.5. The SMILES string of the molecule is CCCC(NC(=O)C(Cc1ccccc1)NC(=O)C(NC(=O)CCCc1ccc(OC)cc1)C1CCCCC1)C(=O)C(=O)NCC(=O)NC(C(=O)OC(C)(C)C)c1ccccc1. The summed E-state index contributed by atoms with van der Waals surface area (Å²) in [6, 6.07) is 20.7. The second-order valence-corrected chi connectivity index (χ2v) is 16.7. The van der Waals surface area contributed by atoms with E-state index in [4.69, 9.17) is 9.47 Å². The number of ketones is 1. The lowest BCUT2D eigenvalue weighted by atomic mass is 9.83. The molecule has 0 aliphatic heterocycles. The number of amides is 5. The van der Waals surface area contributed by atoms with E-state index in [0.717, 1.165) is 49.0 Å². The third kappa shape index (κ3) is 16.1. The predicted molar refractivity (Wildman–Crippen MR) is 235 cm³/mol. The van der Waals surface area contributed by atoms with E-state index in [9.17, 15) is 33.6 Å². The van der Waals surface area contributed by atoms with Crippen LogP contribution in [-0.4, -0.2) is 78.7 Å². The van der Waals surface area contributed by atoms with Crippen molar-refractivity contribution >= 4 is 41.3 Å². The van der Waals surface area contributed by atoms with Crippen LogP contribution in [0.3, 0.4) is 0 Å². The lowest BCUT2D eigenvalue weighted by molar-refractivity contribution is -0.158. The van der Waals surface area contributed by atoms with Crippen molar-refractivity contribution in [3.63, 3.8) is 0 Å². The molecule has 334 valence electrons. The third-order valence-electron chi connectivity index (χ3n) is 10.6. The molecular formula is C48H63N5O9. The number of esters is 1. The molecule has 5 N–H and O–H groups in total. The molecular weight excluding hydrogens is 791 g/mol. The molecule has 1 aliphatic carbocycles. The largest absolute Gasteiger partial charge is 0.497 e. The molecule has 1 saturated carbocycles. The highest BCUT2D eigenvalue weighted by Gasteiger charge is 2.35. The third-order valence-corrected chi connectivity index (χ3v) is 10.6. The Kier molecular flexibility index (Phi) is 19.1. The van der Waals surface area contributed by atoms with Gasteiger partial charge in [0, 0.05) is 12.8 Å². The van der Waals surface area contributed by atoms with Crippen molar-refractivity contribution in [2.75, 3.05) is 13.7 Å². The molecule has 0 heterocycles. The minimum atomic E-state index is -1.27. The Balaban J connectivity index is 1.43. The zero-order valence-electron chi connectivity index (χ0n) is 36.6. The lowest BCUT2D eigenvalue weighted by Gasteiger charge is -2.31. The second-order valence-electron chi connectivity index (χ2n) is 16.7. The number of hydrogen-bond acceptors (Lipinski definition) is 9. The predicted octanol–water partition coefficient (Wildman–Crippen LogP) is 4.98. The first kappa shape index (κ1) is 48.6. The van der Waals surface area contributed by atoms with Crippen LogP contribution >= 0.6 is 0 Å². The topological polar surface area (TPSA) is 198 Å². The van der Waals surface area contributed by atoms with Gasteiger partial charge >= 0.3 is 5.97 Å². The van der Waals surface area contributed by atoms with Crippen molar-refractivity contribution in [1.82, 2.24) is 26.6 Å². The summed E-state index contributed by atoms with van der Waals surface area (Å²) in [6.07, 6.45) is 6.39. The number of carbonyl (C=O) groups excluding carboxylic acids is 7. The molecule has 3 aromatic rings. The van der Waals surface area contributed by atoms with Gasteiger partial charge in [0.25, 0.3) is 5.91 Å². The fraction of sp³-hybridized carbons (Fsp3) is 0.479. The Hall–Kier alpha value is -6.05. The van der Waals surface area contributed by atoms with Crippen molar-refractivity contribution in [2.24, 2.45) is 5.92 Å². The molecule has 14 nitrogen and oxygen atoms in total. The van der Waals surface area contributed by atoms with Crippen LogP contribution in [0.2, 0.25) is 0 Å². The maximum atomic E-state index is 14.2. The number of rotatable bonds is 22. The average molecular weight is 854 g/mol. The molecule has 0 bridgehead atoms. The van der Waals surface area contributed by atoms with Gasteiger partial charge in [-0.25, -0.2) is 4.79 Å². The first-order valence-electron chi connectivity index (χ1n) is 21.6. The van der Waals surface area contributed by atoms with Gasteiger partial charge in [-0.3, -0.25) is 28.8 Å². The van der Waals surface area contributed by atoms with Crippen LogP contribution in [0.25, 0.3) is 0 Å². The average Bonchev–Trinajstić information content (AvgIpc) is 3.26. The molecule has 1 aliphatic rings. The first-order chi connectivity index (χ1) is 29.7. The summed E-state index contributed by atoms with van der Waals surface area (Å²) in [5.74, 6) is -4.36. The Morgan fingerprint density at radius 2 is 1.34 bits per heavy atom. The summed E-state index contributed by atoms with van der Waals surface area (Å²) in [7, 11) is 1.60. The molecule has 0 saturated heterocycles. The van der Waals surface area contributed by atoms with Gasteiger partial charge in [0.05, 0.1) is 19.7 Å². The van der Waals surface area contributed by atoms with Crippen LogP contribution in [0.5, 0.6) is 5.75 Å². The van der Waals surface area contributed by atoms with Crippen molar-refractivity contribution in [2.45, 2.75) is 128 Å². The molecule has 1 fully saturated rings. The zero-order chi connectivity index (χ0) is 45.1. The van der Waals surface area contributed by atoms with Crippen LogP contribution in [0.15, 0.2) is 84.9 Å². The number of aryl methyl sites for hydroxylation is 1. The number of methoxy groups -OCH3 is 1. The van der Waals surface area contributed by atoms with E-state index in [0.29, 0.717) is 24.8 Å². The van der Waals surface area contributed by atoms with Gasteiger partial charge in [0.1, 0.15) is 23.4 Å². The molecule has 4 rings (SSSR count). The highest BCUT2D eigenvalue weighted by Crippen LogP contribution is 2.27. The van der Waals surface area contributed by atoms with Crippen molar-refractivity contribution in [1.29, 1.82) is 0 Å². The quantitative estimate of drug-likeness (QED) is 0.0684. The van der Waals surface area contributed by atoms with E-state index in [1.165, 1.54) is 0 Å². The molecule has 0 aromatic heterocycles. The first-order valence-corrected chi connectivity index (χ1v) is 21.6. The van der Waals surface area contributed by atoms with E-state index in [2.05, 4.69) is 26.6 Å². The van der Waals surface area contributed by atoms with Crippen LogP contribution in [0.4, 0.5) is 0 Å². The zero-order valence-corrected chi connectivity index (χ0v) is 36.6. The minimum Gasteiger partial charge on any atom is -0.497 e. The van der Waals surface area contributed by atoms with E-state index < -0.39 is 71.7 Å². The minimum absolute atomic E-state index is 0.0746. The van der Waals surface area contributed by atoms with Crippen LogP contribution in [0, 0.1) is 5.92 Å². The summed E-state index contributed by atoms with van der Waals surface area (Å²) >= 11 is 0. The second kappa shape index (κ2) is 24.4. The fourth-order valence-electron chi connectivity index (χ4n) is 7.41. The van der Waals surface area contributed by atoms with E-state index in [1.807, 2.05) is 54.6 Å². The van der Waals surface area contributed by atoms with Gasteiger partial charge in [0.2, 0.25) is 29.4 Å². The molecule has 4 atom stereocenters. The highest BCUT2D eigenvalue weighted by atomic mass is 16.6. The lowest BCUT2D eigenvalue weighted by Crippen LogP contribution is -2.59. The number of hydrogen-bond donors (Lipinski definition) is 5. The summed E-state index contributed by atoms with van der Waals surface area (Å²) in [5.41, 5.74) is 1.44. The Morgan fingerprint density at radius 1 is 0.710 bits per heavy atom. The molecule has 14 heteroatoms. The maximum absolute atomic E-state index is 14.2. The monoisotopic (exact) mass is 853 g/mol. The van der Waals surface area contributed by atoms with Gasteiger partial charge in [-0.2, -0.15) is 0 Å². The number of benzene rings is 3. The van der Waals surface area contributed by atoms with Crippen molar-refractivity contribution < 1.29 is 43.0 Å². The molecule has 3 aromatic carbocycles. The molecule has 0 spiro atoms. The maximum Gasteiger partial charge on any atom is 0.333 e. The van der Waals surface area contributed by atoms with Crippen LogP contribution < -0.4 is 31.3 Å². The summed E-state index contributed by atoms with van der Waals surface area (Å²) < 4.78 is 10.7. The van der Waals surface area contributed by atoms with E-state index >= 15 is 0 Å². The molecule has 5 amide bonds. The molecule has 4 unspecified atom stereocenters. The van der Waals surface area contributed by atoms with Crippen molar-refractivity contribution in [3.8, 4) is 5.75 Å². The smallest absolute Gasteiger partial charge is 0.333 e. The highest BCUT2D eigenvalue weighted by molar-refractivity contribution is 6.38. The van der Waals surface area contributed by atoms with Gasteiger partial charge in [-0.05, 0) is 87.6 Å². The van der Waals surface area contributed by atoms with Crippen LogP contribution in [-0.2, 0) is 51.1 Å². The van der Waals surface area contributed by atoms with E-state index in [-0.39, 0.29) is 31.1 Å². The summed E-state index contributed by atoms with van der Waals surface area (Å²) in [6.45, 7) is 6.26. The van der Waals surface area contributed by atoms with Gasteiger partial charge in [-0.15, -0.1) is 0 Å². The van der Waals surface area contributed by atoms with Gasteiger partial charge in [-0.1, -0.05) is 105 Å². The molecule has 0 radical (unpaired) electrons. The fourth-order valence-corrected chi connectivity index (χ4v) is 7.41. The Morgan fingerprint density at radius 3 is 1.95 bits per heavy atom. The number of Topliss-reactive ketones (excluding diaryl/α,β-unsaturated/α-hetero) is 1.